The number of aliphatic hydroxyl groups excluding tert-OH is 3. The molecule has 108 valence electrons. The van der Waals surface area contributed by atoms with Crippen LogP contribution in [0, 0.1) is 0 Å². The van der Waals surface area contributed by atoms with E-state index in [-0.39, 0.29) is 18.4 Å². The molecule has 3 heterocycles. The minimum Gasteiger partial charge on any atom is -0.462 e. The van der Waals surface area contributed by atoms with Crippen molar-refractivity contribution in [2.75, 3.05) is 12.3 Å². The van der Waals surface area contributed by atoms with Crippen molar-refractivity contribution in [3.05, 3.63) is 6.33 Å². The Labute approximate surface area is 112 Å². The number of rotatable bonds is 3. The van der Waals surface area contributed by atoms with Crippen molar-refractivity contribution in [3.63, 3.8) is 0 Å². The second-order valence-electron chi connectivity index (χ2n) is 4.36. The Kier molecular flexibility index (Phi) is 3.14. The van der Waals surface area contributed by atoms with Gasteiger partial charge in [0.05, 0.1) is 0 Å². The predicted molar refractivity (Wildman–Crippen MR) is 64.5 cm³/mol. The zero-order valence-electron chi connectivity index (χ0n) is 10.2. The van der Waals surface area contributed by atoms with Gasteiger partial charge in [-0.2, -0.15) is 4.98 Å². The van der Waals surface area contributed by atoms with Crippen LogP contribution in [-0.2, 0) is 4.74 Å². The molecule has 6 N–H and O–H groups in total. The fourth-order valence-corrected chi connectivity index (χ4v) is 1.92. The minimum atomic E-state index is -1.43. The van der Waals surface area contributed by atoms with Crippen LogP contribution in [0.3, 0.4) is 0 Å². The highest BCUT2D eigenvalue weighted by atomic mass is 16.7. The first-order valence-corrected chi connectivity index (χ1v) is 5.85. The van der Waals surface area contributed by atoms with Crippen molar-refractivity contribution >= 4 is 17.0 Å². The van der Waals surface area contributed by atoms with Crippen molar-refractivity contribution in [1.82, 2.24) is 19.9 Å². The molecule has 2 aromatic heterocycles. The summed E-state index contributed by atoms with van der Waals surface area (Å²) in [7, 11) is 0. The first kappa shape index (κ1) is 13.0. The van der Waals surface area contributed by atoms with Gasteiger partial charge in [0.1, 0.15) is 36.8 Å². The number of nitrogens with one attached hydrogen (secondary N) is 1. The lowest BCUT2D eigenvalue weighted by Crippen LogP contribution is -2.35. The number of nitrogen functional groups attached to an aromatic ring is 1. The first-order valence-electron chi connectivity index (χ1n) is 5.85. The number of ether oxygens (including phenoxy) is 2. The quantitative estimate of drug-likeness (QED) is 0.419. The van der Waals surface area contributed by atoms with E-state index in [0.29, 0.717) is 11.2 Å². The van der Waals surface area contributed by atoms with Gasteiger partial charge in [0.15, 0.2) is 17.8 Å². The second kappa shape index (κ2) is 4.83. The molecule has 0 saturated carbocycles. The molecule has 4 atom stereocenters. The van der Waals surface area contributed by atoms with E-state index < -0.39 is 24.6 Å². The molecule has 1 aliphatic heterocycles. The maximum absolute atomic E-state index is 9.60. The number of anilines is 1. The maximum Gasteiger partial charge on any atom is 0.296 e. The summed E-state index contributed by atoms with van der Waals surface area (Å²) in [6.45, 7) is -0.109. The SMILES string of the molecule is Nc1ncnc2nc(OC[C@H]3OC(O)[C@H](O)[C@@H]3O)[nH]c12. The lowest BCUT2D eigenvalue weighted by atomic mass is 10.1. The Balaban J connectivity index is 1.70. The van der Waals surface area contributed by atoms with Crippen LogP contribution >= 0.6 is 0 Å². The van der Waals surface area contributed by atoms with E-state index in [4.69, 9.17) is 15.2 Å². The van der Waals surface area contributed by atoms with Gasteiger partial charge in [-0.3, -0.25) is 0 Å². The van der Waals surface area contributed by atoms with E-state index in [0.717, 1.165) is 0 Å². The number of fused-ring (bicyclic) bond motifs is 1. The zero-order valence-corrected chi connectivity index (χ0v) is 10.2. The summed E-state index contributed by atoms with van der Waals surface area (Å²) < 4.78 is 10.2. The van der Waals surface area contributed by atoms with E-state index in [1.807, 2.05) is 0 Å². The molecule has 0 bridgehead atoms. The lowest BCUT2D eigenvalue weighted by molar-refractivity contribution is -0.131. The third-order valence-corrected chi connectivity index (χ3v) is 3.02. The highest BCUT2D eigenvalue weighted by Gasteiger charge is 2.42. The van der Waals surface area contributed by atoms with Crippen LogP contribution in [0.4, 0.5) is 5.82 Å². The number of nitrogens with two attached hydrogens (primary N) is 1. The molecule has 3 rings (SSSR count). The van der Waals surface area contributed by atoms with Gasteiger partial charge in [0.25, 0.3) is 6.01 Å². The fraction of sp³-hybridized carbons (Fsp3) is 0.500. The highest BCUT2D eigenvalue weighted by Crippen LogP contribution is 2.21. The monoisotopic (exact) mass is 283 g/mol. The number of H-pyrrole nitrogens is 1. The third kappa shape index (κ3) is 2.14. The van der Waals surface area contributed by atoms with Gasteiger partial charge in [-0.25, -0.2) is 9.97 Å². The van der Waals surface area contributed by atoms with Gasteiger partial charge in [-0.05, 0) is 0 Å². The van der Waals surface area contributed by atoms with Crippen molar-refractivity contribution in [2.45, 2.75) is 24.6 Å². The molecule has 0 radical (unpaired) electrons. The molecule has 1 saturated heterocycles. The Bertz CT molecular complexity index is 619. The highest BCUT2D eigenvalue weighted by molar-refractivity contribution is 5.81. The van der Waals surface area contributed by atoms with Crippen LogP contribution in [0.5, 0.6) is 6.01 Å². The smallest absolute Gasteiger partial charge is 0.296 e. The molecular weight excluding hydrogens is 270 g/mol. The van der Waals surface area contributed by atoms with E-state index in [1.165, 1.54) is 6.33 Å². The summed E-state index contributed by atoms with van der Waals surface area (Å²) >= 11 is 0. The number of nitrogens with zero attached hydrogens (tertiary/aromatic N) is 3. The average molecular weight is 283 g/mol. The summed E-state index contributed by atoms with van der Waals surface area (Å²) in [4.78, 5) is 14.5. The largest absolute Gasteiger partial charge is 0.462 e. The molecule has 1 fully saturated rings. The number of aromatic amines is 1. The summed E-state index contributed by atoms with van der Waals surface area (Å²) in [5.74, 6) is 0.236. The number of hydrogen-bond donors (Lipinski definition) is 5. The van der Waals surface area contributed by atoms with Gasteiger partial charge < -0.3 is 35.5 Å². The molecule has 0 aliphatic carbocycles. The van der Waals surface area contributed by atoms with Crippen LogP contribution in [0.1, 0.15) is 0 Å². The number of aromatic nitrogens is 4. The lowest BCUT2D eigenvalue weighted by Gasteiger charge is -2.13. The molecule has 0 aromatic carbocycles. The van der Waals surface area contributed by atoms with Gasteiger partial charge in [-0.15, -0.1) is 0 Å². The van der Waals surface area contributed by atoms with Crippen molar-refractivity contribution in [1.29, 1.82) is 0 Å². The number of aliphatic hydroxyl groups is 3. The van der Waals surface area contributed by atoms with E-state index in [9.17, 15) is 15.3 Å². The van der Waals surface area contributed by atoms with Crippen molar-refractivity contribution < 1.29 is 24.8 Å². The summed E-state index contributed by atoms with van der Waals surface area (Å²) in [6, 6.07) is 0.124. The Hall–Kier alpha value is -2.01. The molecule has 1 aliphatic rings. The van der Waals surface area contributed by atoms with Crippen LogP contribution in [0.15, 0.2) is 6.33 Å². The van der Waals surface area contributed by atoms with Crippen molar-refractivity contribution in [3.8, 4) is 6.01 Å². The van der Waals surface area contributed by atoms with E-state index in [1.54, 1.807) is 0 Å². The van der Waals surface area contributed by atoms with Crippen molar-refractivity contribution in [2.24, 2.45) is 0 Å². The summed E-state index contributed by atoms with van der Waals surface area (Å²) in [5, 5.41) is 28.2. The van der Waals surface area contributed by atoms with Crippen LogP contribution in [-0.4, -0.2) is 66.5 Å². The van der Waals surface area contributed by atoms with Gasteiger partial charge in [0, 0.05) is 0 Å². The Morgan fingerprint density at radius 3 is 2.75 bits per heavy atom. The minimum absolute atomic E-state index is 0.109. The number of hydrogen-bond acceptors (Lipinski definition) is 9. The van der Waals surface area contributed by atoms with Crippen LogP contribution < -0.4 is 10.5 Å². The third-order valence-electron chi connectivity index (χ3n) is 3.02. The Morgan fingerprint density at radius 1 is 1.30 bits per heavy atom. The van der Waals surface area contributed by atoms with Gasteiger partial charge in [-0.1, -0.05) is 0 Å². The molecule has 20 heavy (non-hydrogen) atoms. The molecule has 10 heteroatoms. The molecular formula is C10H13N5O5. The fourth-order valence-electron chi connectivity index (χ4n) is 1.92. The van der Waals surface area contributed by atoms with Crippen LogP contribution in [0.2, 0.25) is 0 Å². The maximum atomic E-state index is 9.60. The molecule has 2 aromatic rings. The number of imidazole rings is 1. The van der Waals surface area contributed by atoms with Gasteiger partial charge >= 0.3 is 0 Å². The molecule has 1 unspecified atom stereocenters. The normalized spacial score (nSPS) is 29.9. The predicted octanol–water partition coefficient (Wildman–Crippen LogP) is -2.25. The Morgan fingerprint density at radius 2 is 2.10 bits per heavy atom. The summed E-state index contributed by atoms with van der Waals surface area (Å²) in [6.07, 6.45) is -3.62. The summed E-state index contributed by atoms with van der Waals surface area (Å²) in [5.41, 5.74) is 6.43. The second-order valence-corrected chi connectivity index (χ2v) is 4.36. The zero-order chi connectivity index (χ0) is 14.3. The molecule has 0 amide bonds. The standard InChI is InChI=1S/C10H13N5O5/c11-7-4-8(13-2-12-7)15-10(14-4)19-1-3-5(16)6(17)9(18)20-3/h2-3,5-6,9,16-18H,1H2,(H3,11,12,13,14,15)/t3-,5-,6-,9?/m1/s1. The topological polar surface area (TPSA) is 160 Å². The van der Waals surface area contributed by atoms with E-state index >= 15 is 0 Å². The molecule has 0 spiro atoms. The average Bonchev–Trinajstić information content (AvgIpc) is 2.95. The van der Waals surface area contributed by atoms with E-state index in [2.05, 4.69) is 19.9 Å². The van der Waals surface area contributed by atoms with Crippen LogP contribution in [0.25, 0.3) is 11.2 Å². The first-order chi connectivity index (χ1) is 9.56. The molecule has 10 nitrogen and oxygen atoms in total. The van der Waals surface area contributed by atoms with Gasteiger partial charge in [0.2, 0.25) is 0 Å².